The Kier molecular flexibility index (Phi) is 8.56. The first-order valence-corrected chi connectivity index (χ1v) is 10.3. The van der Waals surface area contributed by atoms with Gasteiger partial charge in [-0.1, -0.05) is 13.8 Å². The molecule has 1 N–H and O–H groups in total. The summed E-state index contributed by atoms with van der Waals surface area (Å²) >= 11 is 0. The van der Waals surface area contributed by atoms with Gasteiger partial charge in [0, 0.05) is 50.7 Å². The van der Waals surface area contributed by atoms with Crippen LogP contribution in [0, 0.1) is 11.7 Å². The Morgan fingerprint density at radius 3 is 2.26 bits per heavy atom. The van der Waals surface area contributed by atoms with E-state index in [0.29, 0.717) is 17.8 Å². The second-order valence-electron chi connectivity index (χ2n) is 8.14. The van der Waals surface area contributed by atoms with Crippen LogP contribution in [0.5, 0.6) is 0 Å². The average Bonchev–Trinajstić information content (AvgIpc) is 2.71. The molecule has 0 aliphatic heterocycles. The smallest absolute Gasteiger partial charge is 0.254 e. The van der Waals surface area contributed by atoms with E-state index in [-0.39, 0.29) is 36.2 Å². The van der Waals surface area contributed by atoms with Gasteiger partial charge in [-0.3, -0.25) is 9.59 Å². The third-order valence-corrected chi connectivity index (χ3v) is 5.27. The number of hydrogen-bond acceptors (Lipinski definition) is 4. The van der Waals surface area contributed by atoms with E-state index < -0.39 is 0 Å². The SMILES string of the molecule is COCC(=O)Nc1ccc(N(C)C)c(CN(C(=O)c2ccc(F)cc2)[C@H](C)C(C)C)c1. The molecule has 2 amide bonds. The number of methoxy groups -OCH3 is 1. The molecule has 2 aromatic rings. The maximum absolute atomic E-state index is 13.4. The second-order valence-corrected chi connectivity index (χ2v) is 8.14. The van der Waals surface area contributed by atoms with Crippen molar-refractivity contribution in [2.24, 2.45) is 5.92 Å². The van der Waals surface area contributed by atoms with Gasteiger partial charge in [-0.2, -0.15) is 0 Å². The Labute approximate surface area is 184 Å². The Morgan fingerprint density at radius 2 is 1.71 bits per heavy atom. The summed E-state index contributed by atoms with van der Waals surface area (Å²) in [5.41, 5.74) is 2.90. The van der Waals surface area contributed by atoms with Crippen LogP contribution >= 0.6 is 0 Å². The fourth-order valence-corrected chi connectivity index (χ4v) is 3.26. The van der Waals surface area contributed by atoms with Crippen molar-refractivity contribution in [1.82, 2.24) is 4.90 Å². The van der Waals surface area contributed by atoms with E-state index in [1.807, 2.05) is 44.1 Å². The summed E-state index contributed by atoms with van der Waals surface area (Å²) in [6.07, 6.45) is 0. The number of carbonyl (C=O) groups is 2. The third-order valence-electron chi connectivity index (χ3n) is 5.27. The first kappa shape index (κ1) is 24.3. The highest BCUT2D eigenvalue weighted by molar-refractivity contribution is 5.95. The number of ether oxygens (including phenoxy) is 1. The largest absolute Gasteiger partial charge is 0.377 e. The second kappa shape index (κ2) is 10.9. The first-order valence-electron chi connectivity index (χ1n) is 10.3. The van der Waals surface area contributed by atoms with Crippen molar-refractivity contribution in [2.45, 2.75) is 33.4 Å². The van der Waals surface area contributed by atoms with Crippen LogP contribution in [-0.4, -0.2) is 50.6 Å². The third kappa shape index (κ3) is 6.52. The first-order chi connectivity index (χ1) is 14.6. The van der Waals surface area contributed by atoms with Crippen molar-refractivity contribution in [3.63, 3.8) is 0 Å². The van der Waals surface area contributed by atoms with Gasteiger partial charge >= 0.3 is 0 Å². The number of rotatable bonds is 9. The minimum absolute atomic E-state index is 0.0374. The Hall–Kier alpha value is -2.93. The van der Waals surface area contributed by atoms with Crippen LogP contribution in [0.4, 0.5) is 15.8 Å². The summed E-state index contributed by atoms with van der Waals surface area (Å²) < 4.78 is 18.2. The van der Waals surface area contributed by atoms with Gasteiger partial charge in [-0.25, -0.2) is 4.39 Å². The number of anilines is 2. The number of amides is 2. The van der Waals surface area contributed by atoms with Crippen molar-refractivity contribution in [1.29, 1.82) is 0 Å². The van der Waals surface area contributed by atoms with E-state index in [2.05, 4.69) is 19.2 Å². The monoisotopic (exact) mass is 429 g/mol. The molecular weight excluding hydrogens is 397 g/mol. The maximum Gasteiger partial charge on any atom is 0.254 e. The molecule has 6 nitrogen and oxygen atoms in total. The maximum atomic E-state index is 13.4. The van der Waals surface area contributed by atoms with Crippen molar-refractivity contribution >= 4 is 23.2 Å². The summed E-state index contributed by atoms with van der Waals surface area (Å²) in [6.45, 7) is 6.43. The van der Waals surface area contributed by atoms with E-state index in [0.717, 1.165) is 11.3 Å². The van der Waals surface area contributed by atoms with Crippen LogP contribution in [0.25, 0.3) is 0 Å². The number of halogens is 1. The Bertz CT molecular complexity index is 897. The number of hydrogen-bond donors (Lipinski definition) is 1. The van der Waals surface area contributed by atoms with E-state index in [4.69, 9.17) is 4.74 Å². The molecule has 0 radical (unpaired) electrons. The van der Waals surface area contributed by atoms with Crippen molar-refractivity contribution in [3.8, 4) is 0 Å². The van der Waals surface area contributed by atoms with Crippen LogP contribution in [0.15, 0.2) is 42.5 Å². The number of carbonyl (C=O) groups excluding carboxylic acids is 2. The predicted molar refractivity (Wildman–Crippen MR) is 122 cm³/mol. The zero-order chi connectivity index (χ0) is 23.1. The van der Waals surface area contributed by atoms with Crippen LogP contribution in [0.2, 0.25) is 0 Å². The molecule has 0 saturated carbocycles. The molecule has 0 bridgehead atoms. The molecule has 0 spiro atoms. The average molecular weight is 430 g/mol. The summed E-state index contributed by atoms with van der Waals surface area (Å²) in [6, 6.07) is 11.2. The van der Waals surface area contributed by atoms with Gasteiger partial charge in [0.05, 0.1) is 0 Å². The van der Waals surface area contributed by atoms with Gasteiger partial charge in [0.25, 0.3) is 5.91 Å². The van der Waals surface area contributed by atoms with Crippen LogP contribution < -0.4 is 10.2 Å². The van der Waals surface area contributed by atoms with Gasteiger partial charge in [0.2, 0.25) is 5.91 Å². The van der Waals surface area contributed by atoms with Crippen LogP contribution in [0.1, 0.15) is 36.7 Å². The molecule has 2 rings (SSSR count). The summed E-state index contributed by atoms with van der Waals surface area (Å²) in [4.78, 5) is 29.0. The lowest BCUT2D eigenvalue weighted by Crippen LogP contribution is -2.41. The fourth-order valence-electron chi connectivity index (χ4n) is 3.26. The van der Waals surface area contributed by atoms with Crippen LogP contribution in [0.3, 0.4) is 0 Å². The van der Waals surface area contributed by atoms with Gasteiger partial charge in [-0.15, -0.1) is 0 Å². The van der Waals surface area contributed by atoms with Gasteiger partial charge < -0.3 is 19.9 Å². The highest BCUT2D eigenvalue weighted by atomic mass is 19.1. The zero-order valence-electron chi connectivity index (χ0n) is 19.1. The zero-order valence-corrected chi connectivity index (χ0v) is 19.1. The highest BCUT2D eigenvalue weighted by Crippen LogP contribution is 2.27. The topological polar surface area (TPSA) is 61.9 Å². The molecule has 0 aromatic heterocycles. The molecule has 2 aromatic carbocycles. The normalized spacial score (nSPS) is 11.9. The van der Waals surface area contributed by atoms with Gasteiger partial charge in [0.15, 0.2) is 0 Å². The molecular formula is C24H32FN3O3. The van der Waals surface area contributed by atoms with E-state index in [1.165, 1.54) is 31.4 Å². The molecule has 0 aliphatic carbocycles. The highest BCUT2D eigenvalue weighted by Gasteiger charge is 2.25. The van der Waals surface area contributed by atoms with Crippen molar-refractivity contribution in [3.05, 3.63) is 59.4 Å². The van der Waals surface area contributed by atoms with E-state index >= 15 is 0 Å². The summed E-state index contributed by atoms with van der Waals surface area (Å²) in [7, 11) is 5.33. The molecule has 31 heavy (non-hydrogen) atoms. The van der Waals surface area contributed by atoms with Crippen molar-refractivity contribution in [2.75, 3.05) is 38.0 Å². The number of benzene rings is 2. The fraction of sp³-hybridized carbons (Fsp3) is 0.417. The van der Waals surface area contributed by atoms with E-state index in [9.17, 15) is 14.0 Å². The summed E-state index contributed by atoms with van der Waals surface area (Å²) in [5, 5.41) is 2.81. The molecule has 0 aliphatic rings. The van der Waals surface area contributed by atoms with Crippen molar-refractivity contribution < 1.29 is 18.7 Å². The van der Waals surface area contributed by atoms with Crippen LogP contribution in [-0.2, 0) is 16.1 Å². The van der Waals surface area contributed by atoms with Gasteiger partial charge in [-0.05, 0) is 60.9 Å². The molecule has 0 unspecified atom stereocenters. The Morgan fingerprint density at radius 1 is 1.06 bits per heavy atom. The summed E-state index contributed by atoms with van der Waals surface area (Å²) in [5.74, 6) is -0.577. The van der Waals surface area contributed by atoms with E-state index in [1.54, 1.807) is 4.90 Å². The minimum Gasteiger partial charge on any atom is -0.377 e. The lowest BCUT2D eigenvalue weighted by atomic mass is 10.0. The molecule has 7 heteroatoms. The lowest BCUT2D eigenvalue weighted by Gasteiger charge is -2.33. The molecule has 1 atom stereocenters. The quantitative estimate of drug-likeness (QED) is 0.650. The molecule has 168 valence electrons. The number of nitrogens with zero attached hydrogens (tertiary/aromatic N) is 2. The standard InChI is InChI=1S/C24H32FN3O3/c1-16(2)17(3)28(24(30)18-7-9-20(25)10-8-18)14-19-13-21(26-23(29)15-31-6)11-12-22(19)27(4)5/h7-13,16-17H,14-15H2,1-6H3,(H,26,29)/t17-/m1/s1. The molecule has 0 heterocycles. The Balaban J connectivity index is 2.42. The lowest BCUT2D eigenvalue weighted by molar-refractivity contribution is -0.119. The predicted octanol–water partition coefficient (Wildman–Crippen LogP) is 4.16. The molecule has 0 saturated heterocycles. The van der Waals surface area contributed by atoms with Gasteiger partial charge in [0.1, 0.15) is 12.4 Å². The minimum atomic E-state index is -0.380. The molecule has 0 fully saturated rings. The number of nitrogens with one attached hydrogen (secondary N) is 1.